The van der Waals surface area contributed by atoms with Gasteiger partial charge in [-0.2, -0.15) is 13.2 Å². The van der Waals surface area contributed by atoms with Crippen LogP contribution in [0.3, 0.4) is 0 Å². The van der Waals surface area contributed by atoms with Gasteiger partial charge in [0, 0.05) is 10.9 Å². The van der Waals surface area contributed by atoms with Crippen molar-refractivity contribution in [1.29, 1.82) is 0 Å². The predicted octanol–water partition coefficient (Wildman–Crippen LogP) is 4.44. The molecule has 0 saturated carbocycles. The Bertz CT molecular complexity index is 378. The first-order valence-corrected chi connectivity index (χ1v) is 6.01. The zero-order valence-electron chi connectivity index (χ0n) is 9.61. The van der Waals surface area contributed by atoms with Gasteiger partial charge in [0.15, 0.2) is 0 Å². The van der Waals surface area contributed by atoms with Gasteiger partial charge in [-0.05, 0) is 37.0 Å². The van der Waals surface area contributed by atoms with Crippen molar-refractivity contribution >= 4 is 15.9 Å². The molecule has 1 unspecified atom stereocenters. The molecule has 0 aliphatic carbocycles. The van der Waals surface area contributed by atoms with Crippen molar-refractivity contribution in [1.82, 2.24) is 0 Å². The summed E-state index contributed by atoms with van der Waals surface area (Å²) in [5.41, 5.74) is 2.35. The van der Waals surface area contributed by atoms with Crippen LogP contribution in [0.5, 0.6) is 0 Å². The van der Waals surface area contributed by atoms with Crippen LogP contribution in [0.25, 0.3) is 0 Å². The van der Waals surface area contributed by atoms with Crippen LogP contribution >= 0.6 is 15.9 Å². The average Bonchev–Trinajstić information content (AvgIpc) is 2.20. The van der Waals surface area contributed by atoms with Gasteiger partial charge in [0.05, 0.1) is 6.10 Å². The number of hydrogen-bond donors (Lipinski definition) is 1. The molecule has 0 heterocycles. The van der Waals surface area contributed by atoms with Crippen LogP contribution in [-0.2, 0) is 0 Å². The standard InChI is InChI=1S/C12H14BrF3O/c1-7-5-9(6-8(2)11(7)13)10(17)3-4-12(14,15)16/h5-6,10,17H,3-4H2,1-2H3. The Morgan fingerprint density at radius 1 is 1.24 bits per heavy atom. The van der Waals surface area contributed by atoms with Gasteiger partial charge in [-0.3, -0.25) is 0 Å². The largest absolute Gasteiger partial charge is 0.389 e. The third-order valence-electron chi connectivity index (χ3n) is 2.54. The smallest absolute Gasteiger partial charge is 0.388 e. The fourth-order valence-corrected chi connectivity index (χ4v) is 1.87. The van der Waals surface area contributed by atoms with Crippen LogP contribution in [0.15, 0.2) is 16.6 Å². The minimum Gasteiger partial charge on any atom is -0.388 e. The van der Waals surface area contributed by atoms with Gasteiger partial charge in [0.25, 0.3) is 0 Å². The van der Waals surface area contributed by atoms with Crippen LogP contribution in [0, 0.1) is 13.8 Å². The molecule has 0 amide bonds. The van der Waals surface area contributed by atoms with Gasteiger partial charge in [0.1, 0.15) is 0 Å². The van der Waals surface area contributed by atoms with Gasteiger partial charge in [-0.15, -0.1) is 0 Å². The van der Waals surface area contributed by atoms with E-state index in [1.54, 1.807) is 12.1 Å². The normalized spacial score (nSPS) is 13.8. The molecule has 96 valence electrons. The Hall–Kier alpha value is -0.550. The van der Waals surface area contributed by atoms with E-state index in [4.69, 9.17) is 0 Å². The molecule has 0 saturated heterocycles. The Morgan fingerprint density at radius 2 is 1.71 bits per heavy atom. The quantitative estimate of drug-likeness (QED) is 0.875. The maximum Gasteiger partial charge on any atom is 0.389 e. The molecule has 1 aromatic carbocycles. The predicted molar refractivity (Wildman–Crippen MR) is 63.9 cm³/mol. The number of aliphatic hydroxyl groups excluding tert-OH is 1. The lowest BCUT2D eigenvalue weighted by molar-refractivity contribution is -0.140. The number of hydrogen-bond acceptors (Lipinski definition) is 1. The van der Waals surface area contributed by atoms with E-state index < -0.39 is 18.7 Å². The summed E-state index contributed by atoms with van der Waals surface area (Å²) in [5.74, 6) is 0. The van der Waals surface area contributed by atoms with Gasteiger partial charge in [0.2, 0.25) is 0 Å². The first kappa shape index (κ1) is 14.5. The highest BCUT2D eigenvalue weighted by Crippen LogP contribution is 2.30. The number of halogens is 4. The SMILES string of the molecule is Cc1cc(C(O)CCC(F)(F)F)cc(C)c1Br. The second-order valence-corrected chi connectivity index (χ2v) is 4.93. The van der Waals surface area contributed by atoms with E-state index in [0.717, 1.165) is 15.6 Å². The van der Waals surface area contributed by atoms with Crippen molar-refractivity contribution in [3.8, 4) is 0 Å². The molecular formula is C12H14BrF3O. The van der Waals surface area contributed by atoms with Crippen molar-refractivity contribution < 1.29 is 18.3 Å². The van der Waals surface area contributed by atoms with Crippen LogP contribution in [0.1, 0.15) is 35.6 Å². The van der Waals surface area contributed by atoms with Gasteiger partial charge >= 0.3 is 6.18 Å². The molecule has 0 aromatic heterocycles. The molecule has 5 heteroatoms. The topological polar surface area (TPSA) is 20.2 Å². The van der Waals surface area contributed by atoms with E-state index in [2.05, 4.69) is 15.9 Å². The molecule has 1 nitrogen and oxygen atoms in total. The van der Waals surface area contributed by atoms with Crippen molar-refractivity contribution in [2.24, 2.45) is 0 Å². The number of rotatable bonds is 3. The summed E-state index contributed by atoms with van der Waals surface area (Å²) in [7, 11) is 0. The Kier molecular flexibility index (Phi) is 4.61. The highest BCUT2D eigenvalue weighted by molar-refractivity contribution is 9.10. The molecule has 1 N–H and O–H groups in total. The van der Waals surface area contributed by atoms with Gasteiger partial charge < -0.3 is 5.11 Å². The van der Waals surface area contributed by atoms with Crippen molar-refractivity contribution in [3.63, 3.8) is 0 Å². The number of aryl methyl sites for hydroxylation is 2. The first-order chi connectivity index (χ1) is 7.70. The lowest BCUT2D eigenvalue weighted by Gasteiger charge is -2.15. The minimum absolute atomic E-state index is 0.302. The fourth-order valence-electron chi connectivity index (χ4n) is 1.64. The van der Waals surface area contributed by atoms with E-state index >= 15 is 0 Å². The molecule has 1 aromatic rings. The van der Waals surface area contributed by atoms with E-state index in [1.165, 1.54) is 0 Å². The highest BCUT2D eigenvalue weighted by atomic mass is 79.9. The summed E-state index contributed by atoms with van der Waals surface area (Å²) in [5, 5.41) is 9.71. The minimum atomic E-state index is -4.22. The summed E-state index contributed by atoms with van der Waals surface area (Å²) in [6.45, 7) is 3.69. The van der Waals surface area contributed by atoms with Crippen molar-refractivity contribution in [2.75, 3.05) is 0 Å². The molecule has 1 atom stereocenters. The molecule has 0 spiro atoms. The summed E-state index contributed by atoms with van der Waals surface area (Å²) in [6, 6.07) is 3.41. The third kappa shape index (κ3) is 4.32. The maximum atomic E-state index is 12.0. The molecular weight excluding hydrogens is 297 g/mol. The number of benzene rings is 1. The van der Waals surface area contributed by atoms with E-state index in [9.17, 15) is 18.3 Å². The number of aliphatic hydroxyl groups is 1. The molecule has 0 aliphatic rings. The molecule has 17 heavy (non-hydrogen) atoms. The van der Waals surface area contributed by atoms with Crippen LogP contribution in [0.2, 0.25) is 0 Å². The molecule has 0 bridgehead atoms. The van der Waals surface area contributed by atoms with E-state index in [0.29, 0.717) is 5.56 Å². The maximum absolute atomic E-state index is 12.0. The average molecular weight is 311 g/mol. The monoisotopic (exact) mass is 310 g/mol. The van der Waals surface area contributed by atoms with E-state index in [-0.39, 0.29) is 6.42 Å². The lowest BCUT2D eigenvalue weighted by atomic mass is 10.00. The van der Waals surface area contributed by atoms with Crippen LogP contribution < -0.4 is 0 Å². The molecule has 0 aliphatic heterocycles. The van der Waals surface area contributed by atoms with Crippen LogP contribution in [0.4, 0.5) is 13.2 Å². The second-order valence-electron chi connectivity index (χ2n) is 4.14. The third-order valence-corrected chi connectivity index (χ3v) is 3.80. The summed E-state index contributed by atoms with van der Waals surface area (Å²) < 4.78 is 37.0. The zero-order chi connectivity index (χ0) is 13.2. The second kappa shape index (κ2) is 5.40. The van der Waals surface area contributed by atoms with E-state index in [1.807, 2.05) is 13.8 Å². The Morgan fingerprint density at radius 3 is 2.12 bits per heavy atom. The fraction of sp³-hybridized carbons (Fsp3) is 0.500. The number of alkyl halides is 3. The van der Waals surface area contributed by atoms with Crippen LogP contribution in [-0.4, -0.2) is 11.3 Å². The Balaban J connectivity index is 2.79. The highest BCUT2D eigenvalue weighted by Gasteiger charge is 2.28. The summed E-state index contributed by atoms with van der Waals surface area (Å²) in [6.07, 6.45) is -6.56. The summed E-state index contributed by atoms with van der Waals surface area (Å²) in [4.78, 5) is 0. The summed E-state index contributed by atoms with van der Waals surface area (Å²) >= 11 is 3.37. The first-order valence-electron chi connectivity index (χ1n) is 5.22. The molecule has 0 radical (unpaired) electrons. The molecule has 1 rings (SSSR count). The Labute approximate surface area is 107 Å². The molecule has 0 fully saturated rings. The van der Waals surface area contributed by atoms with Crippen molar-refractivity contribution in [3.05, 3.63) is 33.3 Å². The zero-order valence-corrected chi connectivity index (χ0v) is 11.2. The van der Waals surface area contributed by atoms with Gasteiger partial charge in [-0.25, -0.2) is 0 Å². The van der Waals surface area contributed by atoms with Gasteiger partial charge in [-0.1, -0.05) is 28.1 Å². The van der Waals surface area contributed by atoms with Crippen molar-refractivity contribution in [2.45, 2.75) is 39.0 Å². The lowest BCUT2D eigenvalue weighted by Crippen LogP contribution is -2.10.